The average Bonchev–Trinajstić information content (AvgIpc) is 3.14. The summed E-state index contributed by atoms with van der Waals surface area (Å²) in [7, 11) is 0. The summed E-state index contributed by atoms with van der Waals surface area (Å²) < 4.78 is 14.4. The number of carbonyl (C=O) groups excluding carboxylic acids is 2. The molecule has 0 radical (unpaired) electrons. The Kier molecular flexibility index (Phi) is 4.30. The largest absolute Gasteiger partial charge is 0.340 e. The molecular formula is C18H24FN3O2S. The van der Waals surface area contributed by atoms with Gasteiger partial charge in [-0.1, -0.05) is 0 Å². The van der Waals surface area contributed by atoms with Gasteiger partial charge in [0.15, 0.2) is 5.67 Å². The van der Waals surface area contributed by atoms with Crippen molar-refractivity contribution >= 4 is 23.2 Å². The van der Waals surface area contributed by atoms with Gasteiger partial charge < -0.3 is 9.80 Å². The zero-order valence-corrected chi connectivity index (χ0v) is 15.2. The number of aromatic nitrogens is 1. The van der Waals surface area contributed by atoms with Crippen LogP contribution in [0.15, 0.2) is 10.9 Å². The van der Waals surface area contributed by atoms with Gasteiger partial charge in [0.05, 0.1) is 5.51 Å². The molecule has 2 saturated heterocycles. The predicted octanol–water partition coefficient (Wildman–Crippen LogP) is 2.88. The second-order valence-electron chi connectivity index (χ2n) is 7.82. The molecule has 3 heterocycles. The van der Waals surface area contributed by atoms with Gasteiger partial charge in [-0.15, -0.1) is 11.3 Å². The number of rotatable bonds is 2. The van der Waals surface area contributed by atoms with E-state index in [9.17, 15) is 14.0 Å². The zero-order valence-electron chi connectivity index (χ0n) is 14.4. The van der Waals surface area contributed by atoms with E-state index in [4.69, 9.17) is 0 Å². The highest BCUT2D eigenvalue weighted by Crippen LogP contribution is 2.43. The van der Waals surface area contributed by atoms with Crippen molar-refractivity contribution in [3.63, 3.8) is 0 Å². The van der Waals surface area contributed by atoms with Crippen molar-refractivity contribution < 1.29 is 14.0 Å². The Morgan fingerprint density at radius 2 is 1.80 bits per heavy atom. The number of halogens is 1. The van der Waals surface area contributed by atoms with Gasteiger partial charge in [0, 0.05) is 31.6 Å². The van der Waals surface area contributed by atoms with Crippen LogP contribution in [-0.4, -0.2) is 58.4 Å². The summed E-state index contributed by atoms with van der Waals surface area (Å²) in [5.41, 5.74) is 0.691. The molecule has 2 aliphatic heterocycles. The van der Waals surface area contributed by atoms with E-state index in [0.717, 1.165) is 45.2 Å². The molecular weight excluding hydrogens is 341 g/mol. The van der Waals surface area contributed by atoms with Crippen LogP contribution in [0.4, 0.5) is 4.39 Å². The van der Waals surface area contributed by atoms with Crippen LogP contribution in [-0.2, 0) is 4.79 Å². The number of likely N-dealkylation sites (tertiary alicyclic amines) is 2. The van der Waals surface area contributed by atoms with Crippen LogP contribution >= 0.6 is 11.3 Å². The standard InChI is InChI=1S/C18H24FN3O2S/c19-18(4-1-5-18)16(24)21-9-6-17(7-10-21)3-2-8-22(12-17)15(23)14-11-25-13-20-14/h11,13H,1-10,12H2. The summed E-state index contributed by atoms with van der Waals surface area (Å²) >= 11 is 1.43. The highest BCUT2D eigenvalue weighted by Gasteiger charge is 2.49. The Bertz CT molecular complexity index is 651. The molecule has 4 rings (SSSR count). The maximum Gasteiger partial charge on any atom is 0.273 e. The lowest BCUT2D eigenvalue weighted by molar-refractivity contribution is -0.152. The zero-order chi connectivity index (χ0) is 17.5. The quantitative estimate of drug-likeness (QED) is 0.810. The number of carbonyl (C=O) groups is 2. The van der Waals surface area contributed by atoms with Crippen molar-refractivity contribution in [2.45, 2.75) is 50.6 Å². The molecule has 0 N–H and O–H groups in total. The molecule has 1 aromatic rings. The van der Waals surface area contributed by atoms with Crippen molar-refractivity contribution in [2.24, 2.45) is 5.41 Å². The van der Waals surface area contributed by atoms with Gasteiger partial charge in [-0.3, -0.25) is 9.59 Å². The first-order valence-electron chi connectivity index (χ1n) is 9.17. The van der Waals surface area contributed by atoms with Gasteiger partial charge in [0.25, 0.3) is 11.8 Å². The lowest BCUT2D eigenvalue weighted by Crippen LogP contribution is -2.56. The Labute approximate surface area is 151 Å². The van der Waals surface area contributed by atoms with Gasteiger partial charge in [-0.25, -0.2) is 9.37 Å². The maximum atomic E-state index is 14.4. The molecule has 2 amide bonds. The third kappa shape index (κ3) is 3.07. The van der Waals surface area contributed by atoms with Crippen molar-refractivity contribution in [3.8, 4) is 0 Å². The van der Waals surface area contributed by atoms with Crippen molar-refractivity contribution in [1.82, 2.24) is 14.8 Å². The first-order valence-corrected chi connectivity index (χ1v) is 10.1. The molecule has 1 aromatic heterocycles. The molecule has 0 aromatic carbocycles. The minimum atomic E-state index is -1.59. The van der Waals surface area contributed by atoms with E-state index in [1.54, 1.807) is 15.8 Å². The third-order valence-corrected chi connectivity index (χ3v) is 6.83. The summed E-state index contributed by atoms with van der Waals surface area (Å²) in [6.07, 6.45) is 5.35. The smallest absolute Gasteiger partial charge is 0.273 e. The lowest BCUT2D eigenvalue weighted by Gasteiger charge is -2.48. The van der Waals surface area contributed by atoms with Crippen molar-refractivity contribution in [3.05, 3.63) is 16.6 Å². The molecule has 0 unspecified atom stereocenters. The molecule has 5 nitrogen and oxygen atoms in total. The summed E-state index contributed by atoms with van der Waals surface area (Å²) in [4.78, 5) is 32.7. The van der Waals surface area contributed by atoms with Crippen molar-refractivity contribution in [2.75, 3.05) is 26.2 Å². The number of nitrogens with zero attached hydrogens (tertiary/aromatic N) is 3. The SMILES string of the molecule is O=C(c1cscn1)N1CCCC2(CCN(C(=O)C3(F)CCC3)CC2)C1. The summed E-state index contributed by atoms with van der Waals surface area (Å²) in [5.74, 6) is -0.296. The number of hydrogen-bond donors (Lipinski definition) is 0. The van der Waals surface area contributed by atoms with Gasteiger partial charge in [0.2, 0.25) is 0 Å². The molecule has 1 aliphatic carbocycles. The third-order valence-electron chi connectivity index (χ3n) is 6.24. The highest BCUT2D eigenvalue weighted by atomic mass is 32.1. The number of piperidine rings is 2. The Balaban J connectivity index is 1.38. The van der Waals surface area contributed by atoms with E-state index >= 15 is 0 Å². The van der Waals surface area contributed by atoms with E-state index in [1.807, 2.05) is 4.90 Å². The number of amides is 2. The topological polar surface area (TPSA) is 53.5 Å². The second-order valence-corrected chi connectivity index (χ2v) is 8.53. The molecule has 1 saturated carbocycles. The van der Waals surface area contributed by atoms with E-state index in [2.05, 4.69) is 4.98 Å². The van der Waals surface area contributed by atoms with Crippen molar-refractivity contribution in [1.29, 1.82) is 0 Å². The van der Waals surface area contributed by atoms with Gasteiger partial charge in [-0.2, -0.15) is 0 Å². The van der Waals surface area contributed by atoms with Crippen LogP contribution in [0.3, 0.4) is 0 Å². The molecule has 25 heavy (non-hydrogen) atoms. The number of hydrogen-bond acceptors (Lipinski definition) is 4. The highest BCUT2D eigenvalue weighted by molar-refractivity contribution is 7.07. The first-order chi connectivity index (χ1) is 12.0. The fourth-order valence-corrected chi connectivity index (χ4v) is 4.96. The molecule has 0 atom stereocenters. The average molecular weight is 365 g/mol. The van der Waals surface area contributed by atoms with Crippen LogP contribution < -0.4 is 0 Å². The monoisotopic (exact) mass is 365 g/mol. The van der Waals surface area contributed by atoms with E-state index in [0.29, 0.717) is 31.6 Å². The molecule has 136 valence electrons. The summed E-state index contributed by atoms with van der Waals surface area (Å²) in [5, 5.41) is 1.80. The van der Waals surface area contributed by atoms with Crippen LogP contribution in [0.25, 0.3) is 0 Å². The second kappa shape index (κ2) is 6.34. The molecule has 3 aliphatic rings. The Morgan fingerprint density at radius 3 is 2.40 bits per heavy atom. The van der Waals surface area contributed by atoms with Crippen LogP contribution in [0.1, 0.15) is 55.4 Å². The van der Waals surface area contributed by atoms with E-state index in [1.165, 1.54) is 11.3 Å². The fourth-order valence-electron chi connectivity index (χ4n) is 4.44. The van der Waals surface area contributed by atoms with E-state index in [-0.39, 0.29) is 17.2 Å². The Morgan fingerprint density at radius 1 is 1.04 bits per heavy atom. The van der Waals surface area contributed by atoms with Crippen LogP contribution in [0.5, 0.6) is 0 Å². The summed E-state index contributed by atoms with van der Waals surface area (Å²) in [6.45, 7) is 2.73. The van der Waals surface area contributed by atoms with E-state index < -0.39 is 5.67 Å². The lowest BCUT2D eigenvalue weighted by atomic mass is 9.71. The molecule has 0 bridgehead atoms. The minimum absolute atomic E-state index is 0.0102. The fraction of sp³-hybridized carbons (Fsp3) is 0.722. The predicted molar refractivity (Wildman–Crippen MR) is 93.2 cm³/mol. The molecule has 7 heteroatoms. The van der Waals surface area contributed by atoms with Gasteiger partial charge >= 0.3 is 0 Å². The summed E-state index contributed by atoms with van der Waals surface area (Å²) in [6, 6.07) is 0. The first kappa shape index (κ1) is 16.9. The minimum Gasteiger partial charge on any atom is -0.340 e. The van der Waals surface area contributed by atoms with Crippen LogP contribution in [0.2, 0.25) is 0 Å². The Hall–Kier alpha value is -1.50. The number of alkyl halides is 1. The number of thiazole rings is 1. The maximum absolute atomic E-state index is 14.4. The van der Waals surface area contributed by atoms with Gasteiger partial charge in [0.1, 0.15) is 5.69 Å². The normalized spacial score (nSPS) is 24.8. The molecule has 1 spiro atoms. The van der Waals surface area contributed by atoms with Crippen LogP contribution in [0, 0.1) is 5.41 Å². The molecule has 3 fully saturated rings. The van der Waals surface area contributed by atoms with Gasteiger partial charge in [-0.05, 0) is 50.4 Å².